The lowest BCUT2D eigenvalue weighted by Crippen LogP contribution is -2.51. The van der Waals surface area contributed by atoms with Crippen LogP contribution in [0.1, 0.15) is 32.1 Å². The molecule has 6 nitrogen and oxygen atoms in total. The Labute approximate surface area is 115 Å². The lowest BCUT2D eigenvalue weighted by molar-refractivity contribution is -0.136. The molecule has 0 aromatic heterocycles. The van der Waals surface area contributed by atoms with Gasteiger partial charge in [-0.05, 0) is 26.9 Å². The summed E-state index contributed by atoms with van der Waals surface area (Å²) < 4.78 is 0. The number of rotatable bonds is 7. The highest BCUT2D eigenvalue weighted by Crippen LogP contribution is 2.24. The summed E-state index contributed by atoms with van der Waals surface area (Å²) in [4.78, 5) is 27.1. The van der Waals surface area contributed by atoms with E-state index < -0.39 is 11.9 Å². The fourth-order valence-corrected chi connectivity index (χ4v) is 2.51. The van der Waals surface area contributed by atoms with Crippen molar-refractivity contribution in [3.63, 3.8) is 0 Å². The number of carbonyl (C=O) groups excluding carboxylic acids is 2. The molecule has 4 N–H and O–H groups in total. The van der Waals surface area contributed by atoms with E-state index >= 15 is 0 Å². The minimum absolute atomic E-state index is 0.0793. The topological polar surface area (TPSA) is 92.7 Å². The van der Waals surface area contributed by atoms with Crippen LogP contribution in [0.5, 0.6) is 0 Å². The lowest BCUT2D eigenvalue weighted by atomic mass is 10.1. The van der Waals surface area contributed by atoms with E-state index in [-0.39, 0.29) is 18.4 Å². The Hall–Kier alpha value is -1.14. The number of likely N-dealkylation sites (N-methyl/N-ethyl adjacent to an activating group) is 1. The normalized spacial score (nSPS) is 17.7. The van der Waals surface area contributed by atoms with Crippen molar-refractivity contribution in [1.29, 1.82) is 0 Å². The van der Waals surface area contributed by atoms with Crippen molar-refractivity contribution in [1.82, 2.24) is 9.80 Å². The van der Waals surface area contributed by atoms with Crippen LogP contribution in [-0.2, 0) is 9.59 Å². The molecule has 1 saturated carbocycles. The summed E-state index contributed by atoms with van der Waals surface area (Å²) in [6.45, 7) is 1.45. The SMILES string of the molecule is CN(C)CCN(C(=O)C(N)CC(N)=O)C1CCCC1. The van der Waals surface area contributed by atoms with Crippen molar-refractivity contribution in [2.75, 3.05) is 27.2 Å². The van der Waals surface area contributed by atoms with Gasteiger partial charge in [-0.3, -0.25) is 9.59 Å². The van der Waals surface area contributed by atoms with Gasteiger partial charge in [0.05, 0.1) is 12.5 Å². The quantitative estimate of drug-likeness (QED) is 0.653. The molecule has 0 aliphatic heterocycles. The van der Waals surface area contributed by atoms with E-state index in [1.807, 2.05) is 23.9 Å². The van der Waals surface area contributed by atoms with E-state index in [1.54, 1.807) is 0 Å². The van der Waals surface area contributed by atoms with Crippen LogP contribution in [0, 0.1) is 0 Å². The molecule has 0 radical (unpaired) electrons. The number of nitrogens with two attached hydrogens (primary N) is 2. The van der Waals surface area contributed by atoms with Gasteiger partial charge >= 0.3 is 0 Å². The molecule has 0 aromatic rings. The largest absolute Gasteiger partial charge is 0.370 e. The number of carbonyl (C=O) groups is 2. The van der Waals surface area contributed by atoms with E-state index in [1.165, 1.54) is 0 Å². The molecule has 1 aliphatic rings. The molecule has 2 amide bonds. The van der Waals surface area contributed by atoms with Crippen molar-refractivity contribution in [2.24, 2.45) is 11.5 Å². The maximum Gasteiger partial charge on any atom is 0.240 e. The van der Waals surface area contributed by atoms with Gasteiger partial charge in [-0.1, -0.05) is 12.8 Å². The Morgan fingerprint density at radius 2 is 1.79 bits per heavy atom. The third kappa shape index (κ3) is 5.16. The van der Waals surface area contributed by atoms with Crippen LogP contribution < -0.4 is 11.5 Å². The Morgan fingerprint density at radius 1 is 1.21 bits per heavy atom. The zero-order valence-electron chi connectivity index (χ0n) is 12.0. The minimum atomic E-state index is -0.805. The van der Waals surface area contributed by atoms with Crippen LogP contribution in [0.15, 0.2) is 0 Å². The van der Waals surface area contributed by atoms with E-state index in [0.717, 1.165) is 32.2 Å². The third-order valence-electron chi connectivity index (χ3n) is 3.57. The summed E-state index contributed by atoms with van der Waals surface area (Å²) in [6, 6.07) is -0.536. The van der Waals surface area contributed by atoms with E-state index in [0.29, 0.717) is 6.54 Å². The van der Waals surface area contributed by atoms with Crippen LogP contribution in [0.4, 0.5) is 0 Å². The number of nitrogens with zero attached hydrogens (tertiary/aromatic N) is 2. The van der Waals surface area contributed by atoms with Crippen molar-refractivity contribution in [2.45, 2.75) is 44.2 Å². The van der Waals surface area contributed by atoms with Gasteiger partial charge in [-0.15, -0.1) is 0 Å². The average molecular weight is 270 g/mol. The fourth-order valence-electron chi connectivity index (χ4n) is 2.51. The summed E-state index contributed by atoms with van der Waals surface area (Å²) in [5, 5.41) is 0. The Balaban J connectivity index is 2.65. The van der Waals surface area contributed by atoms with Gasteiger partial charge in [-0.2, -0.15) is 0 Å². The Bertz CT molecular complexity index is 314. The minimum Gasteiger partial charge on any atom is -0.370 e. The number of hydrogen-bond donors (Lipinski definition) is 2. The summed E-state index contributed by atoms with van der Waals surface area (Å²) in [5.74, 6) is -0.674. The standard InChI is InChI=1S/C13H26N4O2/c1-16(2)7-8-17(10-5-3-4-6-10)13(19)11(14)9-12(15)18/h10-11H,3-9,14H2,1-2H3,(H2,15,18). The molecule has 1 aliphatic carbocycles. The van der Waals surface area contributed by atoms with Gasteiger partial charge in [0.2, 0.25) is 11.8 Å². The number of hydrogen-bond acceptors (Lipinski definition) is 4. The zero-order valence-corrected chi connectivity index (χ0v) is 12.0. The second-order valence-corrected chi connectivity index (χ2v) is 5.55. The second-order valence-electron chi connectivity index (χ2n) is 5.55. The van der Waals surface area contributed by atoms with Gasteiger partial charge in [-0.25, -0.2) is 0 Å². The molecular formula is C13H26N4O2. The summed E-state index contributed by atoms with van der Waals surface area (Å²) in [6.07, 6.45) is 4.29. The van der Waals surface area contributed by atoms with Gasteiger partial charge in [0.15, 0.2) is 0 Å². The molecule has 1 fully saturated rings. The second kappa shape index (κ2) is 7.45. The van der Waals surface area contributed by atoms with Crippen LogP contribution >= 0.6 is 0 Å². The van der Waals surface area contributed by atoms with Gasteiger partial charge < -0.3 is 21.3 Å². The van der Waals surface area contributed by atoms with Crippen molar-refractivity contribution in [3.05, 3.63) is 0 Å². The van der Waals surface area contributed by atoms with E-state index in [4.69, 9.17) is 11.5 Å². The monoisotopic (exact) mass is 270 g/mol. The van der Waals surface area contributed by atoms with Crippen LogP contribution in [0.25, 0.3) is 0 Å². The zero-order chi connectivity index (χ0) is 14.4. The summed E-state index contributed by atoms with van der Waals surface area (Å²) in [5.41, 5.74) is 10.9. The van der Waals surface area contributed by atoms with E-state index in [9.17, 15) is 9.59 Å². The predicted octanol–water partition coefficient (Wildman–Crippen LogP) is -0.478. The highest BCUT2D eigenvalue weighted by molar-refractivity contribution is 5.87. The van der Waals surface area contributed by atoms with Crippen LogP contribution in [-0.4, -0.2) is 60.9 Å². The van der Waals surface area contributed by atoms with Crippen LogP contribution in [0.3, 0.4) is 0 Å². The molecule has 1 rings (SSSR count). The number of amides is 2. The Morgan fingerprint density at radius 3 is 2.26 bits per heavy atom. The molecule has 0 saturated heterocycles. The first-order valence-electron chi connectivity index (χ1n) is 6.91. The van der Waals surface area contributed by atoms with Crippen LogP contribution in [0.2, 0.25) is 0 Å². The molecule has 0 aromatic carbocycles. The molecule has 19 heavy (non-hydrogen) atoms. The highest BCUT2D eigenvalue weighted by Gasteiger charge is 2.30. The maximum absolute atomic E-state index is 12.4. The van der Waals surface area contributed by atoms with Gasteiger partial charge in [0, 0.05) is 19.1 Å². The molecule has 110 valence electrons. The Kier molecular flexibility index (Phi) is 6.24. The fraction of sp³-hybridized carbons (Fsp3) is 0.846. The molecule has 0 bridgehead atoms. The number of primary amides is 1. The van der Waals surface area contributed by atoms with Gasteiger partial charge in [0.1, 0.15) is 0 Å². The van der Waals surface area contributed by atoms with Crippen molar-refractivity contribution < 1.29 is 9.59 Å². The average Bonchev–Trinajstić information content (AvgIpc) is 2.81. The molecule has 6 heteroatoms. The molecule has 0 spiro atoms. The summed E-state index contributed by atoms with van der Waals surface area (Å²) >= 11 is 0. The van der Waals surface area contributed by atoms with E-state index in [2.05, 4.69) is 0 Å². The molecule has 1 unspecified atom stereocenters. The predicted molar refractivity (Wildman–Crippen MR) is 74.3 cm³/mol. The first kappa shape index (κ1) is 15.9. The maximum atomic E-state index is 12.4. The first-order chi connectivity index (χ1) is 8.91. The smallest absolute Gasteiger partial charge is 0.240 e. The van der Waals surface area contributed by atoms with Crippen molar-refractivity contribution in [3.8, 4) is 0 Å². The first-order valence-corrected chi connectivity index (χ1v) is 6.91. The lowest BCUT2D eigenvalue weighted by Gasteiger charge is -2.32. The molecule has 1 atom stereocenters. The van der Waals surface area contributed by atoms with Gasteiger partial charge in [0.25, 0.3) is 0 Å². The molecular weight excluding hydrogens is 244 g/mol. The summed E-state index contributed by atoms with van der Waals surface area (Å²) in [7, 11) is 3.95. The van der Waals surface area contributed by atoms with Crippen molar-refractivity contribution >= 4 is 11.8 Å². The third-order valence-corrected chi connectivity index (χ3v) is 3.57. The highest BCUT2D eigenvalue weighted by atomic mass is 16.2. The molecule has 0 heterocycles.